The van der Waals surface area contributed by atoms with Gasteiger partial charge in [0.2, 0.25) is 5.91 Å². The Kier molecular flexibility index (Phi) is 5.58. The molecule has 2 heterocycles. The molecule has 2 aliphatic heterocycles. The van der Waals surface area contributed by atoms with Crippen molar-refractivity contribution in [2.24, 2.45) is 17.8 Å². The van der Waals surface area contributed by atoms with Crippen molar-refractivity contribution >= 4 is 11.8 Å². The van der Waals surface area contributed by atoms with Crippen LogP contribution in [-0.4, -0.2) is 67.6 Å². The van der Waals surface area contributed by atoms with Crippen LogP contribution in [0.15, 0.2) is 18.2 Å². The van der Waals surface area contributed by atoms with Gasteiger partial charge in [-0.15, -0.1) is 0 Å². The first-order valence-corrected chi connectivity index (χ1v) is 10.4. The van der Waals surface area contributed by atoms with Crippen LogP contribution in [0.4, 0.5) is 0 Å². The summed E-state index contributed by atoms with van der Waals surface area (Å²) in [6.45, 7) is 8.26. The van der Waals surface area contributed by atoms with E-state index in [1.54, 1.807) is 0 Å². The first-order chi connectivity index (χ1) is 13.5. The lowest BCUT2D eigenvalue weighted by Gasteiger charge is -2.51. The lowest BCUT2D eigenvalue weighted by molar-refractivity contribution is -0.155. The highest BCUT2D eigenvalue weighted by molar-refractivity contribution is 5.81. The van der Waals surface area contributed by atoms with Crippen molar-refractivity contribution in [2.75, 3.05) is 46.0 Å². The summed E-state index contributed by atoms with van der Waals surface area (Å²) in [4.78, 5) is 29.3. The van der Waals surface area contributed by atoms with Crippen LogP contribution < -0.4 is 4.74 Å². The van der Waals surface area contributed by atoms with Crippen LogP contribution in [0, 0.1) is 31.6 Å². The maximum Gasteiger partial charge on any atom is 0.260 e. The fraction of sp³-hybridized carbons (Fsp3) is 0.636. The van der Waals surface area contributed by atoms with E-state index in [0.29, 0.717) is 44.7 Å². The molecule has 3 aliphatic rings. The van der Waals surface area contributed by atoms with Gasteiger partial charge in [-0.3, -0.25) is 9.59 Å². The number of nitrogens with zero attached hydrogens (tertiary/aromatic N) is 2. The minimum atomic E-state index is 0.0150. The van der Waals surface area contributed by atoms with E-state index in [2.05, 4.69) is 6.92 Å². The number of morpholine rings is 1. The molecule has 1 aliphatic carbocycles. The maximum absolute atomic E-state index is 12.8. The molecule has 152 valence electrons. The third kappa shape index (κ3) is 3.88. The quantitative estimate of drug-likeness (QED) is 0.795. The number of benzene rings is 1. The zero-order valence-electron chi connectivity index (χ0n) is 16.9. The van der Waals surface area contributed by atoms with E-state index in [9.17, 15) is 9.59 Å². The average Bonchev–Trinajstić information content (AvgIpc) is 2.70. The number of aryl methyl sites for hydroxylation is 2. The molecule has 2 saturated heterocycles. The number of amides is 2. The van der Waals surface area contributed by atoms with Crippen LogP contribution in [0.3, 0.4) is 0 Å². The number of hydrogen-bond donors (Lipinski definition) is 0. The molecule has 1 aromatic carbocycles. The molecule has 3 fully saturated rings. The summed E-state index contributed by atoms with van der Waals surface area (Å²) < 4.78 is 11.1. The number of carbonyl (C=O) groups is 2. The molecule has 2 amide bonds. The first kappa shape index (κ1) is 19.2. The van der Waals surface area contributed by atoms with Gasteiger partial charge in [0.05, 0.1) is 13.2 Å². The highest BCUT2D eigenvalue weighted by atomic mass is 16.5. The normalized spacial score (nSPS) is 27.0. The third-order valence-corrected chi connectivity index (χ3v) is 6.71. The molecule has 1 saturated carbocycles. The summed E-state index contributed by atoms with van der Waals surface area (Å²) in [7, 11) is 0. The molecule has 1 aromatic rings. The molecule has 0 aromatic heterocycles. The van der Waals surface area contributed by atoms with Crippen molar-refractivity contribution in [1.29, 1.82) is 0 Å². The molecule has 0 N–H and O–H groups in total. The lowest BCUT2D eigenvalue weighted by atomic mass is 9.61. The maximum atomic E-state index is 12.8. The van der Waals surface area contributed by atoms with Crippen molar-refractivity contribution in [3.05, 3.63) is 29.3 Å². The van der Waals surface area contributed by atoms with E-state index in [0.717, 1.165) is 30.7 Å². The van der Waals surface area contributed by atoms with Crippen LogP contribution >= 0.6 is 0 Å². The van der Waals surface area contributed by atoms with E-state index in [-0.39, 0.29) is 24.3 Å². The number of fused-ring (bicyclic) bond motifs is 1. The van der Waals surface area contributed by atoms with Crippen molar-refractivity contribution in [3.8, 4) is 5.75 Å². The fourth-order valence-electron chi connectivity index (χ4n) is 4.65. The predicted octanol–water partition coefficient (Wildman–Crippen LogP) is 2.03. The SMILES string of the molecule is Cc1ccc(OCC(=O)N2CC[C@@H]3C[C@@H](C(=O)N4CCOCC4)[C@@H]3C2)cc1C. The molecular formula is C22H30N2O4. The van der Waals surface area contributed by atoms with Crippen molar-refractivity contribution in [1.82, 2.24) is 9.80 Å². The molecule has 6 nitrogen and oxygen atoms in total. The molecule has 28 heavy (non-hydrogen) atoms. The highest BCUT2D eigenvalue weighted by Gasteiger charge is 2.49. The van der Waals surface area contributed by atoms with Gasteiger partial charge in [0.1, 0.15) is 5.75 Å². The Labute approximate surface area is 166 Å². The Morgan fingerprint density at radius 3 is 2.64 bits per heavy atom. The van der Waals surface area contributed by atoms with E-state index in [4.69, 9.17) is 9.47 Å². The number of piperidine rings is 1. The van der Waals surface area contributed by atoms with Crippen LogP contribution in [0.1, 0.15) is 24.0 Å². The Morgan fingerprint density at radius 1 is 1.11 bits per heavy atom. The van der Waals surface area contributed by atoms with Crippen molar-refractivity contribution in [3.63, 3.8) is 0 Å². The van der Waals surface area contributed by atoms with Crippen molar-refractivity contribution < 1.29 is 19.1 Å². The Balaban J connectivity index is 1.30. The van der Waals surface area contributed by atoms with Gasteiger partial charge in [0.15, 0.2) is 6.61 Å². The molecule has 0 spiro atoms. The van der Waals surface area contributed by atoms with E-state index in [1.807, 2.05) is 34.9 Å². The molecule has 4 rings (SSSR count). The number of rotatable bonds is 4. The summed E-state index contributed by atoms with van der Waals surface area (Å²) in [6, 6.07) is 5.89. The molecule has 6 heteroatoms. The molecule has 0 unspecified atom stereocenters. The summed E-state index contributed by atoms with van der Waals surface area (Å²) in [5.41, 5.74) is 2.37. The number of carbonyl (C=O) groups excluding carboxylic acids is 2. The standard InChI is InChI=1S/C22H30N2O4/c1-15-3-4-18(11-16(15)2)28-14-21(25)24-6-5-17-12-19(20(17)13-24)22(26)23-7-9-27-10-8-23/h3-4,11,17,19-20H,5-10,12-14H2,1-2H3/t17-,19-,20-/m1/s1. The van der Waals surface area contributed by atoms with Gasteiger partial charge in [0, 0.05) is 32.1 Å². The van der Waals surface area contributed by atoms with Gasteiger partial charge in [-0.25, -0.2) is 0 Å². The Bertz CT molecular complexity index is 744. The molecular weight excluding hydrogens is 356 g/mol. The lowest BCUT2D eigenvalue weighted by Crippen LogP contribution is -2.58. The summed E-state index contributed by atoms with van der Waals surface area (Å²) in [5.74, 6) is 1.95. The Hall–Kier alpha value is -2.08. The van der Waals surface area contributed by atoms with E-state index >= 15 is 0 Å². The zero-order chi connectivity index (χ0) is 19.7. The van der Waals surface area contributed by atoms with Crippen LogP contribution in [0.25, 0.3) is 0 Å². The smallest absolute Gasteiger partial charge is 0.260 e. The zero-order valence-corrected chi connectivity index (χ0v) is 16.9. The van der Waals surface area contributed by atoms with Gasteiger partial charge in [-0.05, 0) is 61.8 Å². The van der Waals surface area contributed by atoms with Crippen molar-refractivity contribution in [2.45, 2.75) is 26.7 Å². The number of hydrogen-bond acceptors (Lipinski definition) is 4. The number of likely N-dealkylation sites (tertiary alicyclic amines) is 1. The van der Waals surface area contributed by atoms with E-state index in [1.165, 1.54) is 5.56 Å². The molecule has 3 atom stereocenters. The monoisotopic (exact) mass is 386 g/mol. The second-order valence-corrected chi connectivity index (χ2v) is 8.37. The summed E-state index contributed by atoms with van der Waals surface area (Å²) >= 11 is 0. The summed E-state index contributed by atoms with van der Waals surface area (Å²) in [5, 5.41) is 0. The fourth-order valence-corrected chi connectivity index (χ4v) is 4.65. The van der Waals surface area contributed by atoms with Gasteiger partial charge >= 0.3 is 0 Å². The van der Waals surface area contributed by atoms with Gasteiger partial charge in [-0.1, -0.05) is 6.07 Å². The van der Waals surface area contributed by atoms with Crippen LogP contribution in [-0.2, 0) is 14.3 Å². The highest BCUT2D eigenvalue weighted by Crippen LogP contribution is 2.46. The van der Waals surface area contributed by atoms with Gasteiger partial charge in [-0.2, -0.15) is 0 Å². The minimum Gasteiger partial charge on any atom is -0.484 e. The third-order valence-electron chi connectivity index (χ3n) is 6.71. The van der Waals surface area contributed by atoms with Gasteiger partial charge < -0.3 is 19.3 Å². The first-order valence-electron chi connectivity index (χ1n) is 10.4. The summed E-state index contributed by atoms with van der Waals surface area (Å²) in [6.07, 6.45) is 1.97. The topological polar surface area (TPSA) is 59.1 Å². The second-order valence-electron chi connectivity index (χ2n) is 8.37. The van der Waals surface area contributed by atoms with E-state index < -0.39 is 0 Å². The Morgan fingerprint density at radius 2 is 1.89 bits per heavy atom. The predicted molar refractivity (Wildman–Crippen MR) is 105 cm³/mol. The molecule has 0 bridgehead atoms. The molecule has 0 radical (unpaired) electrons. The van der Waals surface area contributed by atoms with Crippen LogP contribution in [0.2, 0.25) is 0 Å². The average molecular weight is 386 g/mol. The second kappa shape index (κ2) is 8.11. The van der Waals surface area contributed by atoms with Gasteiger partial charge in [0.25, 0.3) is 5.91 Å². The largest absolute Gasteiger partial charge is 0.484 e. The van der Waals surface area contributed by atoms with Crippen LogP contribution in [0.5, 0.6) is 5.75 Å². The minimum absolute atomic E-state index is 0.0150. The number of ether oxygens (including phenoxy) is 2.